The van der Waals surface area contributed by atoms with Crippen LogP contribution in [-0.2, 0) is 33.2 Å². The van der Waals surface area contributed by atoms with Gasteiger partial charge in [0.1, 0.15) is 23.9 Å². The first-order valence-corrected chi connectivity index (χ1v) is 16.3. The smallest absolute Gasteiger partial charge is 0.338 e. The van der Waals surface area contributed by atoms with Crippen LogP contribution in [0, 0.1) is 34.5 Å². The van der Waals surface area contributed by atoms with Crippen molar-refractivity contribution in [3.8, 4) is 0 Å². The minimum absolute atomic E-state index is 0.0791. The normalized spacial score (nSPS) is 49.9. The molecule has 7 rings (SSSR count). The molecule has 1 saturated heterocycles. The summed E-state index contributed by atoms with van der Waals surface area (Å²) in [5, 5.41) is 37.3. The molecule has 6 aliphatic rings. The summed E-state index contributed by atoms with van der Waals surface area (Å²) in [6.45, 7) is 4.68. The van der Waals surface area contributed by atoms with Crippen LogP contribution in [0.25, 0.3) is 0 Å². The Morgan fingerprint density at radius 2 is 1.72 bits per heavy atom. The first-order chi connectivity index (χ1) is 22.0. The maximum atomic E-state index is 13.8. The lowest BCUT2D eigenvalue weighted by molar-refractivity contribution is -0.322. The van der Waals surface area contributed by atoms with Gasteiger partial charge in [0, 0.05) is 83.0 Å². The Balaban J connectivity index is 1.53. The number of carbonyl (C=O) groups excluding carboxylic acids is 2. The van der Waals surface area contributed by atoms with E-state index in [4.69, 9.17) is 28.4 Å². The van der Waals surface area contributed by atoms with E-state index in [-0.39, 0.29) is 25.0 Å². The summed E-state index contributed by atoms with van der Waals surface area (Å²) in [4.78, 5) is 29.3. The van der Waals surface area contributed by atoms with Crippen molar-refractivity contribution in [2.45, 2.75) is 80.6 Å². The van der Waals surface area contributed by atoms with Crippen LogP contribution in [-0.4, -0.2) is 134 Å². The topological polar surface area (TPSA) is 153 Å². The van der Waals surface area contributed by atoms with Gasteiger partial charge in [0.15, 0.2) is 5.60 Å². The number of hydrogen-bond donors (Lipinski definition) is 3. The van der Waals surface area contributed by atoms with E-state index in [9.17, 15) is 24.9 Å². The highest BCUT2D eigenvalue weighted by Gasteiger charge is 2.92. The zero-order valence-corrected chi connectivity index (χ0v) is 27.3. The average molecular weight is 646 g/mol. The molecule has 3 N–H and O–H groups in total. The van der Waals surface area contributed by atoms with E-state index in [1.165, 1.54) is 14.0 Å². The standard InChI is InChI=1S/C34H47NO11/c1-7-35-15-31(16-41-3)20(37)13-21(42-4)33-19-14-32(40)28(45-30(39)18-11-9-8-10-12-18)22(19)34(46-17(2)36,27(38)29(32)44-6)23(26(33)35)24(43-5)25(31)33/h8-12,19-29,37-38,40H,7,13-16H2,1-6H3/t19-,20-,21+,22-,23+,24+,25-,26+,27+,28-,29-,31+,32-,33?,34+/m1/s1. The summed E-state index contributed by atoms with van der Waals surface area (Å²) in [5.74, 6) is -3.65. The predicted octanol–water partition coefficient (Wildman–Crippen LogP) is 0.648. The predicted molar refractivity (Wildman–Crippen MR) is 160 cm³/mol. The number of nitrogens with zero attached hydrogens (tertiary/aromatic N) is 1. The molecular weight excluding hydrogens is 598 g/mol. The fourth-order valence-electron chi connectivity index (χ4n) is 12.3. The Labute approximate surface area is 269 Å². The van der Waals surface area contributed by atoms with Crippen molar-refractivity contribution in [3.63, 3.8) is 0 Å². The Morgan fingerprint density at radius 1 is 1.00 bits per heavy atom. The van der Waals surface area contributed by atoms with Crippen LogP contribution in [0.2, 0.25) is 0 Å². The maximum Gasteiger partial charge on any atom is 0.338 e. The zero-order chi connectivity index (χ0) is 33.0. The van der Waals surface area contributed by atoms with Crippen LogP contribution in [0.5, 0.6) is 0 Å². The van der Waals surface area contributed by atoms with Gasteiger partial charge in [0.05, 0.1) is 30.5 Å². The summed E-state index contributed by atoms with van der Waals surface area (Å²) >= 11 is 0. The minimum atomic E-state index is -1.83. The van der Waals surface area contributed by atoms with Crippen molar-refractivity contribution in [2.24, 2.45) is 34.5 Å². The first-order valence-electron chi connectivity index (χ1n) is 16.3. The number of likely N-dealkylation sites (tertiary alicyclic amines) is 1. The second-order valence-electron chi connectivity index (χ2n) is 14.4. The van der Waals surface area contributed by atoms with E-state index in [0.29, 0.717) is 25.1 Å². The molecule has 254 valence electrons. The molecule has 1 aliphatic heterocycles. The molecule has 5 saturated carbocycles. The molecule has 15 atom stereocenters. The lowest BCUT2D eigenvalue weighted by Gasteiger charge is -2.70. The molecule has 1 aromatic rings. The number of hydrogen-bond acceptors (Lipinski definition) is 12. The highest BCUT2D eigenvalue weighted by Crippen LogP contribution is 2.80. The molecule has 12 heteroatoms. The van der Waals surface area contributed by atoms with E-state index in [1.54, 1.807) is 51.7 Å². The van der Waals surface area contributed by atoms with Crippen LogP contribution in [0.3, 0.4) is 0 Å². The molecular formula is C34H47NO11. The van der Waals surface area contributed by atoms with E-state index in [1.807, 2.05) is 6.92 Å². The van der Waals surface area contributed by atoms with Gasteiger partial charge < -0.3 is 43.7 Å². The van der Waals surface area contributed by atoms with Gasteiger partial charge in [-0.05, 0) is 31.0 Å². The quantitative estimate of drug-likeness (QED) is 0.323. The Kier molecular flexibility index (Phi) is 7.69. The second kappa shape index (κ2) is 10.9. The largest absolute Gasteiger partial charge is 0.455 e. The van der Waals surface area contributed by atoms with Crippen molar-refractivity contribution < 1.29 is 53.3 Å². The average Bonchev–Trinajstić information content (AvgIpc) is 3.41. The number of aliphatic hydroxyl groups excluding tert-OH is 2. The van der Waals surface area contributed by atoms with Crippen LogP contribution in [0.1, 0.15) is 37.0 Å². The number of rotatable bonds is 9. The first kappa shape index (κ1) is 32.4. The lowest BCUT2D eigenvalue weighted by atomic mass is 9.42. The van der Waals surface area contributed by atoms with Gasteiger partial charge in [-0.3, -0.25) is 9.69 Å². The number of fused-ring (bicyclic) bond motifs is 2. The summed E-state index contributed by atoms with van der Waals surface area (Å²) in [7, 11) is 6.27. The van der Waals surface area contributed by atoms with E-state index in [0.717, 1.165) is 0 Å². The number of piperidine rings is 1. The lowest BCUT2D eigenvalue weighted by Crippen LogP contribution is -2.81. The van der Waals surface area contributed by atoms with Crippen LogP contribution < -0.4 is 0 Å². The molecule has 1 spiro atoms. The molecule has 5 aliphatic carbocycles. The molecule has 1 aromatic carbocycles. The number of ether oxygens (including phenoxy) is 6. The Morgan fingerprint density at radius 3 is 2.30 bits per heavy atom. The molecule has 46 heavy (non-hydrogen) atoms. The zero-order valence-electron chi connectivity index (χ0n) is 27.3. The fraction of sp³-hybridized carbons (Fsp3) is 0.765. The van der Waals surface area contributed by atoms with Gasteiger partial charge in [0.2, 0.25) is 0 Å². The summed E-state index contributed by atoms with van der Waals surface area (Å²) < 4.78 is 37.4. The molecule has 1 heterocycles. The van der Waals surface area contributed by atoms with Crippen molar-refractivity contribution in [3.05, 3.63) is 35.9 Å². The molecule has 7 bridgehead atoms. The number of methoxy groups -OCH3 is 4. The molecule has 0 amide bonds. The van der Waals surface area contributed by atoms with E-state index in [2.05, 4.69) is 4.90 Å². The Bertz CT molecular complexity index is 1360. The number of carbonyl (C=O) groups is 2. The van der Waals surface area contributed by atoms with E-state index >= 15 is 0 Å². The SMILES string of the molecule is CCN1C[C@]2(COC)[C@H](O)C[C@H](OC)C34[C@@H]5C[C@@]6(O)[C@H](OC(=O)c7ccccc7)[C@@H]5[C@](OC(C)=O)([C@@H]([C@H](OC)[C@@H]32)[C@H]14)[C@@H](O)[C@H]6OC. The third kappa shape index (κ3) is 3.62. The molecule has 12 nitrogen and oxygen atoms in total. The van der Waals surface area contributed by atoms with Crippen molar-refractivity contribution >= 4 is 11.9 Å². The van der Waals surface area contributed by atoms with Crippen LogP contribution in [0.15, 0.2) is 30.3 Å². The minimum Gasteiger partial charge on any atom is -0.455 e. The Hall–Kier alpha value is -2.16. The van der Waals surface area contributed by atoms with Crippen LogP contribution >= 0.6 is 0 Å². The van der Waals surface area contributed by atoms with Gasteiger partial charge in [0.25, 0.3) is 0 Å². The molecule has 0 aromatic heterocycles. The summed E-state index contributed by atoms with van der Waals surface area (Å²) in [5.41, 5.74) is -4.79. The maximum absolute atomic E-state index is 13.8. The van der Waals surface area contributed by atoms with Gasteiger partial charge in [-0.15, -0.1) is 0 Å². The third-order valence-electron chi connectivity index (χ3n) is 13.2. The summed E-state index contributed by atoms with van der Waals surface area (Å²) in [6.07, 6.45) is -5.49. The number of aliphatic hydroxyl groups is 3. The van der Waals surface area contributed by atoms with Gasteiger partial charge in [-0.25, -0.2) is 4.79 Å². The highest BCUT2D eigenvalue weighted by atomic mass is 16.6. The van der Waals surface area contributed by atoms with Gasteiger partial charge in [-0.1, -0.05) is 25.1 Å². The van der Waals surface area contributed by atoms with E-state index < -0.39 is 88.3 Å². The van der Waals surface area contributed by atoms with Crippen LogP contribution in [0.4, 0.5) is 0 Å². The number of benzene rings is 1. The highest BCUT2D eigenvalue weighted by molar-refractivity contribution is 5.89. The number of esters is 2. The van der Waals surface area contributed by atoms with Crippen molar-refractivity contribution in [1.29, 1.82) is 0 Å². The molecule has 6 fully saturated rings. The molecule has 0 radical (unpaired) electrons. The third-order valence-corrected chi connectivity index (χ3v) is 13.2. The van der Waals surface area contributed by atoms with Crippen molar-refractivity contribution in [2.75, 3.05) is 48.1 Å². The van der Waals surface area contributed by atoms with Crippen molar-refractivity contribution in [1.82, 2.24) is 4.90 Å². The second-order valence-corrected chi connectivity index (χ2v) is 14.4. The van der Waals surface area contributed by atoms with Gasteiger partial charge in [-0.2, -0.15) is 0 Å². The molecule has 1 unspecified atom stereocenters. The summed E-state index contributed by atoms with van der Waals surface area (Å²) in [6, 6.07) is 8.18. The monoisotopic (exact) mass is 645 g/mol. The van der Waals surface area contributed by atoms with Gasteiger partial charge >= 0.3 is 11.9 Å². The fourth-order valence-corrected chi connectivity index (χ4v) is 12.3.